The highest BCUT2D eigenvalue weighted by Gasteiger charge is 2.14. The van der Waals surface area contributed by atoms with Crippen LogP contribution in [0.25, 0.3) is 11.5 Å². The molecule has 0 aliphatic rings. The Balaban J connectivity index is 1.69. The monoisotopic (exact) mass is 383 g/mol. The fraction of sp³-hybridized carbons (Fsp3) is 0.250. The van der Waals surface area contributed by atoms with Crippen LogP contribution in [0.5, 0.6) is 17.2 Å². The highest BCUT2D eigenvalue weighted by molar-refractivity contribution is 5.90. The Morgan fingerprint density at radius 3 is 2.36 bits per heavy atom. The Bertz CT molecular complexity index is 984. The summed E-state index contributed by atoms with van der Waals surface area (Å²) in [6, 6.07) is 10.8. The quantitative estimate of drug-likeness (QED) is 0.669. The molecule has 8 nitrogen and oxygen atoms in total. The first-order valence-corrected chi connectivity index (χ1v) is 8.53. The van der Waals surface area contributed by atoms with Crippen LogP contribution in [0.2, 0.25) is 0 Å². The molecule has 3 aromatic rings. The van der Waals surface area contributed by atoms with E-state index in [-0.39, 0.29) is 24.2 Å². The molecule has 2 aromatic carbocycles. The minimum absolute atomic E-state index is 0.0278. The number of aromatic nitrogens is 2. The van der Waals surface area contributed by atoms with Crippen molar-refractivity contribution in [2.45, 2.75) is 13.3 Å². The van der Waals surface area contributed by atoms with Crippen molar-refractivity contribution >= 4 is 11.9 Å². The number of carbonyl (C=O) groups excluding carboxylic acids is 1. The molecule has 0 aliphatic carbocycles. The molecule has 8 heteroatoms. The average molecular weight is 383 g/mol. The van der Waals surface area contributed by atoms with Crippen LogP contribution in [0.15, 0.2) is 40.8 Å². The number of nitrogens with one attached hydrogen (secondary N) is 1. The van der Waals surface area contributed by atoms with Crippen LogP contribution >= 0.6 is 0 Å². The van der Waals surface area contributed by atoms with Gasteiger partial charge in [-0.3, -0.25) is 10.1 Å². The first kappa shape index (κ1) is 19.2. The zero-order valence-electron chi connectivity index (χ0n) is 16.1. The van der Waals surface area contributed by atoms with Gasteiger partial charge in [-0.25, -0.2) is 0 Å². The van der Waals surface area contributed by atoms with Crippen molar-refractivity contribution in [3.05, 3.63) is 47.5 Å². The number of carbonyl (C=O) groups is 1. The number of rotatable bonds is 7. The van der Waals surface area contributed by atoms with E-state index < -0.39 is 0 Å². The van der Waals surface area contributed by atoms with E-state index in [1.165, 1.54) is 0 Å². The molecule has 1 aromatic heterocycles. The highest BCUT2D eigenvalue weighted by Crippen LogP contribution is 2.32. The van der Waals surface area contributed by atoms with E-state index in [2.05, 4.69) is 15.5 Å². The number of ether oxygens (including phenoxy) is 3. The lowest BCUT2D eigenvalue weighted by Gasteiger charge is -2.07. The van der Waals surface area contributed by atoms with E-state index in [1.807, 2.05) is 25.1 Å². The number of aryl methyl sites for hydroxylation is 1. The maximum absolute atomic E-state index is 12.3. The van der Waals surface area contributed by atoms with Gasteiger partial charge in [0, 0.05) is 5.56 Å². The lowest BCUT2D eigenvalue weighted by Crippen LogP contribution is -2.14. The zero-order valence-corrected chi connectivity index (χ0v) is 16.1. The molecule has 0 radical (unpaired) electrons. The van der Waals surface area contributed by atoms with Crippen molar-refractivity contribution in [2.24, 2.45) is 0 Å². The third kappa shape index (κ3) is 4.22. The summed E-state index contributed by atoms with van der Waals surface area (Å²) in [5.74, 6) is 1.91. The Labute approximate surface area is 162 Å². The molecule has 0 aliphatic heterocycles. The number of hydrogen-bond donors (Lipinski definition) is 1. The summed E-state index contributed by atoms with van der Waals surface area (Å²) in [5.41, 5.74) is 2.47. The second-order valence-corrected chi connectivity index (χ2v) is 6.01. The molecule has 0 atom stereocenters. The largest absolute Gasteiger partial charge is 0.496 e. The first-order valence-electron chi connectivity index (χ1n) is 8.53. The Kier molecular flexibility index (Phi) is 5.78. The van der Waals surface area contributed by atoms with Gasteiger partial charge in [0.25, 0.3) is 0 Å². The summed E-state index contributed by atoms with van der Waals surface area (Å²) >= 11 is 0. The number of methoxy groups -OCH3 is 3. The summed E-state index contributed by atoms with van der Waals surface area (Å²) in [7, 11) is 4.71. The number of amides is 1. The summed E-state index contributed by atoms with van der Waals surface area (Å²) in [5, 5.41) is 10.5. The molecule has 146 valence electrons. The highest BCUT2D eigenvalue weighted by atomic mass is 16.5. The summed E-state index contributed by atoms with van der Waals surface area (Å²) < 4.78 is 21.2. The molecule has 0 bridgehead atoms. The van der Waals surface area contributed by atoms with Crippen LogP contribution in [0, 0.1) is 6.92 Å². The maximum Gasteiger partial charge on any atom is 0.322 e. The van der Waals surface area contributed by atoms with Gasteiger partial charge in [0.15, 0.2) is 11.5 Å². The van der Waals surface area contributed by atoms with Crippen molar-refractivity contribution < 1.29 is 23.4 Å². The summed E-state index contributed by atoms with van der Waals surface area (Å²) in [4.78, 5) is 12.3. The van der Waals surface area contributed by atoms with Gasteiger partial charge in [0.2, 0.25) is 11.8 Å². The number of anilines is 1. The lowest BCUT2D eigenvalue weighted by atomic mass is 10.1. The van der Waals surface area contributed by atoms with Crippen molar-refractivity contribution in [3.8, 4) is 28.7 Å². The molecule has 1 N–H and O–H groups in total. The summed E-state index contributed by atoms with van der Waals surface area (Å²) in [6.45, 7) is 1.92. The minimum Gasteiger partial charge on any atom is -0.496 e. The van der Waals surface area contributed by atoms with Gasteiger partial charge >= 0.3 is 6.01 Å². The minimum atomic E-state index is -0.257. The van der Waals surface area contributed by atoms with E-state index in [1.54, 1.807) is 39.5 Å². The molecular weight excluding hydrogens is 362 g/mol. The van der Waals surface area contributed by atoms with Crippen molar-refractivity contribution in [3.63, 3.8) is 0 Å². The average Bonchev–Trinajstić information content (AvgIpc) is 3.15. The standard InChI is InChI=1S/C20H21N3O5/c1-12-9-13(5-7-15(12)25-2)10-18(24)21-20-23-22-19(28-20)14-6-8-16(26-3)17(11-14)27-4/h5-9,11H,10H2,1-4H3,(H,21,23,24). The molecular formula is C20H21N3O5. The van der Waals surface area contributed by atoms with Crippen LogP contribution in [-0.2, 0) is 11.2 Å². The zero-order chi connectivity index (χ0) is 20.1. The molecule has 1 heterocycles. The fourth-order valence-electron chi connectivity index (χ4n) is 2.76. The molecule has 0 unspecified atom stereocenters. The smallest absolute Gasteiger partial charge is 0.322 e. The molecule has 28 heavy (non-hydrogen) atoms. The lowest BCUT2D eigenvalue weighted by molar-refractivity contribution is -0.115. The second-order valence-electron chi connectivity index (χ2n) is 6.01. The van der Waals surface area contributed by atoms with Crippen LogP contribution in [0.3, 0.4) is 0 Å². The van der Waals surface area contributed by atoms with E-state index in [4.69, 9.17) is 18.6 Å². The SMILES string of the molecule is COc1ccc(CC(=O)Nc2nnc(-c3ccc(OC)c(OC)c3)o2)cc1C. The van der Waals surface area contributed by atoms with Gasteiger partial charge in [-0.2, -0.15) is 0 Å². The predicted octanol–water partition coefficient (Wildman–Crippen LogP) is 3.25. The normalized spacial score (nSPS) is 10.4. The van der Waals surface area contributed by atoms with Crippen LogP contribution < -0.4 is 19.5 Å². The number of hydrogen-bond acceptors (Lipinski definition) is 7. The van der Waals surface area contributed by atoms with Crippen molar-refractivity contribution in [2.75, 3.05) is 26.6 Å². The van der Waals surface area contributed by atoms with Gasteiger partial charge in [-0.05, 0) is 42.3 Å². The topological polar surface area (TPSA) is 95.7 Å². The fourth-order valence-corrected chi connectivity index (χ4v) is 2.76. The van der Waals surface area contributed by atoms with E-state index in [0.29, 0.717) is 17.1 Å². The third-order valence-electron chi connectivity index (χ3n) is 4.13. The van der Waals surface area contributed by atoms with Crippen LogP contribution in [-0.4, -0.2) is 37.4 Å². The van der Waals surface area contributed by atoms with Gasteiger partial charge in [0.1, 0.15) is 5.75 Å². The Morgan fingerprint density at radius 2 is 1.68 bits per heavy atom. The van der Waals surface area contributed by atoms with Gasteiger partial charge < -0.3 is 18.6 Å². The van der Waals surface area contributed by atoms with Crippen LogP contribution in [0.4, 0.5) is 6.01 Å². The second kappa shape index (κ2) is 8.43. The third-order valence-corrected chi connectivity index (χ3v) is 4.13. The van der Waals surface area contributed by atoms with Gasteiger partial charge in [-0.15, -0.1) is 5.10 Å². The first-order chi connectivity index (χ1) is 13.5. The molecule has 0 saturated carbocycles. The van der Waals surface area contributed by atoms with Gasteiger partial charge in [0.05, 0.1) is 27.8 Å². The van der Waals surface area contributed by atoms with E-state index >= 15 is 0 Å². The molecule has 0 saturated heterocycles. The predicted molar refractivity (Wildman–Crippen MR) is 103 cm³/mol. The molecule has 0 fully saturated rings. The Hall–Kier alpha value is -3.55. The Morgan fingerprint density at radius 1 is 0.964 bits per heavy atom. The van der Waals surface area contributed by atoms with Crippen LogP contribution in [0.1, 0.15) is 11.1 Å². The summed E-state index contributed by atoms with van der Waals surface area (Å²) in [6.07, 6.45) is 0.179. The molecule has 0 spiro atoms. The van der Waals surface area contributed by atoms with E-state index in [0.717, 1.165) is 16.9 Å². The molecule has 1 amide bonds. The van der Waals surface area contributed by atoms with E-state index in [9.17, 15) is 4.79 Å². The number of benzene rings is 2. The van der Waals surface area contributed by atoms with Gasteiger partial charge in [-0.1, -0.05) is 17.2 Å². The molecule has 3 rings (SSSR count). The maximum atomic E-state index is 12.3. The number of nitrogens with zero attached hydrogens (tertiary/aromatic N) is 2. The van der Waals surface area contributed by atoms with Crippen molar-refractivity contribution in [1.82, 2.24) is 10.2 Å². The van der Waals surface area contributed by atoms with Crippen molar-refractivity contribution in [1.29, 1.82) is 0 Å².